The largest absolute Gasteiger partial charge is 0.348 e. The summed E-state index contributed by atoms with van der Waals surface area (Å²) >= 11 is 0. The van der Waals surface area contributed by atoms with Gasteiger partial charge in [-0.3, -0.25) is 4.79 Å². The maximum absolute atomic E-state index is 12.1. The van der Waals surface area contributed by atoms with Crippen LogP contribution in [0.25, 0.3) is 16.8 Å². The number of rotatable bonds is 4. The summed E-state index contributed by atoms with van der Waals surface area (Å²) in [5.74, 6) is -0.0851. The van der Waals surface area contributed by atoms with Crippen molar-refractivity contribution in [3.05, 3.63) is 89.5 Å². The second-order valence-electron chi connectivity index (χ2n) is 7.60. The highest BCUT2D eigenvalue weighted by atomic mass is 16.1. The second-order valence-corrected chi connectivity index (χ2v) is 7.60. The van der Waals surface area contributed by atoms with Crippen LogP contribution in [0.1, 0.15) is 37.5 Å². The molecule has 0 unspecified atom stereocenters. The van der Waals surface area contributed by atoms with E-state index in [2.05, 4.69) is 68.6 Å². The van der Waals surface area contributed by atoms with Crippen molar-refractivity contribution in [2.45, 2.75) is 32.7 Å². The molecule has 0 aliphatic rings. The highest BCUT2D eigenvalue weighted by Gasteiger charge is 2.12. The van der Waals surface area contributed by atoms with Gasteiger partial charge in [0.1, 0.15) is 0 Å². The summed E-state index contributed by atoms with van der Waals surface area (Å²) in [7, 11) is 0. The molecule has 0 heterocycles. The fraction of sp³-hybridized carbons (Fsp3) is 0.208. The number of carbonyl (C=O) groups excluding carboxylic acids is 1. The standard InChI is InChI=1S/C24H25NO/c1-24(2,3)22-13-9-18(10-14-22)11-15-23(26)25-17-19-8-12-20-6-4-5-7-21(20)16-19/h4-16H,17H2,1-3H3,(H,25,26)/b15-11+. The van der Waals surface area contributed by atoms with Crippen molar-refractivity contribution >= 4 is 22.8 Å². The van der Waals surface area contributed by atoms with E-state index in [1.54, 1.807) is 6.08 Å². The van der Waals surface area contributed by atoms with Crippen molar-refractivity contribution in [3.8, 4) is 0 Å². The lowest BCUT2D eigenvalue weighted by Gasteiger charge is -2.18. The first-order valence-corrected chi connectivity index (χ1v) is 8.96. The van der Waals surface area contributed by atoms with Crippen LogP contribution >= 0.6 is 0 Å². The molecule has 0 radical (unpaired) electrons. The normalized spacial score (nSPS) is 11.8. The molecule has 3 aromatic rings. The van der Waals surface area contributed by atoms with Gasteiger partial charge >= 0.3 is 0 Å². The average molecular weight is 343 g/mol. The van der Waals surface area contributed by atoms with E-state index in [1.807, 2.05) is 30.3 Å². The molecule has 0 saturated carbocycles. The van der Waals surface area contributed by atoms with Gasteiger partial charge in [0.2, 0.25) is 5.91 Å². The summed E-state index contributed by atoms with van der Waals surface area (Å²) in [4.78, 5) is 12.1. The summed E-state index contributed by atoms with van der Waals surface area (Å²) < 4.78 is 0. The zero-order valence-electron chi connectivity index (χ0n) is 15.6. The molecule has 0 aliphatic carbocycles. The second kappa shape index (κ2) is 7.57. The van der Waals surface area contributed by atoms with Gasteiger partial charge in [0.15, 0.2) is 0 Å². The summed E-state index contributed by atoms with van der Waals surface area (Å²) in [6.45, 7) is 7.10. The first kappa shape index (κ1) is 17.9. The van der Waals surface area contributed by atoms with Crippen molar-refractivity contribution in [1.29, 1.82) is 0 Å². The lowest BCUT2D eigenvalue weighted by Crippen LogP contribution is -2.20. The van der Waals surface area contributed by atoms with Gasteiger partial charge in [0.25, 0.3) is 0 Å². The van der Waals surface area contributed by atoms with E-state index < -0.39 is 0 Å². The minimum atomic E-state index is -0.0851. The van der Waals surface area contributed by atoms with Crippen LogP contribution in [0.15, 0.2) is 72.8 Å². The van der Waals surface area contributed by atoms with Crippen molar-refractivity contribution in [1.82, 2.24) is 5.32 Å². The van der Waals surface area contributed by atoms with Gasteiger partial charge in [-0.25, -0.2) is 0 Å². The minimum Gasteiger partial charge on any atom is -0.348 e. The lowest BCUT2D eigenvalue weighted by atomic mass is 9.87. The molecule has 26 heavy (non-hydrogen) atoms. The third-order valence-electron chi connectivity index (χ3n) is 4.48. The Morgan fingerprint density at radius 3 is 2.31 bits per heavy atom. The van der Waals surface area contributed by atoms with E-state index in [4.69, 9.17) is 0 Å². The molecule has 0 atom stereocenters. The van der Waals surface area contributed by atoms with Crippen molar-refractivity contribution < 1.29 is 4.79 Å². The van der Waals surface area contributed by atoms with Gasteiger partial charge in [-0.2, -0.15) is 0 Å². The zero-order chi connectivity index (χ0) is 18.6. The van der Waals surface area contributed by atoms with Crippen LogP contribution in [0, 0.1) is 0 Å². The van der Waals surface area contributed by atoms with E-state index in [0.717, 1.165) is 11.1 Å². The molecule has 0 aliphatic heterocycles. The molecule has 0 spiro atoms. The molecular formula is C24H25NO. The number of carbonyl (C=O) groups is 1. The predicted octanol–water partition coefficient (Wildman–Crippen LogP) is 5.47. The molecule has 132 valence electrons. The highest BCUT2D eigenvalue weighted by Crippen LogP contribution is 2.22. The molecule has 1 amide bonds. The Morgan fingerprint density at radius 1 is 0.923 bits per heavy atom. The Bertz CT molecular complexity index is 930. The maximum Gasteiger partial charge on any atom is 0.244 e. The van der Waals surface area contributed by atoms with Crippen LogP contribution < -0.4 is 5.32 Å². The van der Waals surface area contributed by atoms with Crippen LogP contribution in [-0.4, -0.2) is 5.91 Å². The SMILES string of the molecule is CC(C)(C)c1ccc(/C=C/C(=O)NCc2ccc3ccccc3c2)cc1. The van der Waals surface area contributed by atoms with Crippen molar-refractivity contribution in [2.75, 3.05) is 0 Å². The van der Waals surface area contributed by atoms with E-state index in [0.29, 0.717) is 6.54 Å². The maximum atomic E-state index is 12.1. The van der Waals surface area contributed by atoms with E-state index >= 15 is 0 Å². The number of amides is 1. The summed E-state index contributed by atoms with van der Waals surface area (Å²) in [6.07, 6.45) is 3.44. The average Bonchev–Trinajstić information content (AvgIpc) is 2.64. The molecule has 1 N–H and O–H groups in total. The van der Waals surface area contributed by atoms with E-state index in [1.165, 1.54) is 16.3 Å². The molecule has 2 heteroatoms. The first-order valence-electron chi connectivity index (χ1n) is 8.96. The monoisotopic (exact) mass is 343 g/mol. The predicted molar refractivity (Wildman–Crippen MR) is 110 cm³/mol. The van der Waals surface area contributed by atoms with Gasteiger partial charge in [0, 0.05) is 12.6 Å². The number of fused-ring (bicyclic) bond motifs is 1. The van der Waals surface area contributed by atoms with Crippen molar-refractivity contribution in [2.24, 2.45) is 0 Å². The van der Waals surface area contributed by atoms with E-state index in [9.17, 15) is 4.79 Å². The Labute approximate surface area is 155 Å². The summed E-state index contributed by atoms with van der Waals surface area (Å²) in [6, 6.07) is 22.8. The third kappa shape index (κ3) is 4.60. The lowest BCUT2D eigenvalue weighted by molar-refractivity contribution is -0.116. The highest BCUT2D eigenvalue weighted by molar-refractivity contribution is 5.91. The molecular weight excluding hydrogens is 318 g/mol. The van der Waals surface area contributed by atoms with Crippen LogP contribution in [0.3, 0.4) is 0 Å². The molecule has 0 aromatic heterocycles. The fourth-order valence-corrected chi connectivity index (χ4v) is 2.86. The molecule has 2 nitrogen and oxygen atoms in total. The van der Waals surface area contributed by atoms with Gasteiger partial charge in [-0.05, 0) is 45.0 Å². The van der Waals surface area contributed by atoms with Gasteiger partial charge in [-0.15, -0.1) is 0 Å². The molecule has 0 fully saturated rings. The number of benzene rings is 3. The minimum absolute atomic E-state index is 0.0851. The first-order chi connectivity index (χ1) is 12.4. The Balaban J connectivity index is 1.58. The molecule has 3 aromatic carbocycles. The summed E-state index contributed by atoms with van der Waals surface area (Å²) in [5, 5.41) is 5.34. The number of hydrogen-bond donors (Lipinski definition) is 1. The Morgan fingerprint density at radius 2 is 1.62 bits per heavy atom. The summed E-state index contributed by atoms with van der Waals surface area (Å²) in [5.41, 5.74) is 3.55. The van der Waals surface area contributed by atoms with Crippen molar-refractivity contribution in [3.63, 3.8) is 0 Å². The zero-order valence-corrected chi connectivity index (χ0v) is 15.6. The van der Waals surface area contributed by atoms with Crippen LogP contribution in [0.2, 0.25) is 0 Å². The fourth-order valence-electron chi connectivity index (χ4n) is 2.86. The molecule has 0 saturated heterocycles. The smallest absolute Gasteiger partial charge is 0.244 e. The van der Waals surface area contributed by atoms with Gasteiger partial charge in [0.05, 0.1) is 0 Å². The van der Waals surface area contributed by atoms with Crippen LogP contribution in [-0.2, 0) is 16.8 Å². The van der Waals surface area contributed by atoms with Gasteiger partial charge < -0.3 is 5.32 Å². The quantitative estimate of drug-likeness (QED) is 0.626. The molecule has 3 rings (SSSR count). The van der Waals surface area contributed by atoms with Gasteiger partial charge in [-0.1, -0.05) is 81.4 Å². The number of hydrogen-bond acceptors (Lipinski definition) is 1. The Hall–Kier alpha value is -2.87. The third-order valence-corrected chi connectivity index (χ3v) is 4.48. The Kier molecular flexibility index (Phi) is 5.22. The topological polar surface area (TPSA) is 29.1 Å². The molecule has 0 bridgehead atoms. The van der Waals surface area contributed by atoms with Crippen LogP contribution in [0.4, 0.5) is 0 Å². The van der Waals surface area contributed by atoms with Crippen LogP contribution in [0.5, 0.6) is 0 Å². The van der Waals surface area contributed by atoms with E-state index in [-0.39, 0.29) is 11.3 Å². The number of nitrogens with one attached hydrogen (secondary N) is 1.